The zero-order chi connectivity index (χ0) is 17.8. The van der Waals surface area contributed by atoms with Gasteiger partial charge < -0.3 is 20.1 Å². The third-order valence-corrected chi connectivity index (χ3v) is 5.56. The summed E-state index contributed by atoms with van der Waals surface area (Å²) in [6.07, 6.45) is 4.42. The van der Waals surface area contributed by atoms with Crippen molar-refractivity contribution in [2.45, 2.75) is 58.5 Å². The van der Waals surface area contributed by atoms with Crippen molar-refractivity contribution in [2.24, 2.45) is 11.8 Å². The summed E-state index contributed by atoms with van der Waals surface area (Å²) in [4.78, 5) is 12.6. The van der Waals surface area contributed by atoms with E-state index in [-0.39, 0.29) is 18.0 Å². The number of carbonyl (C=O) groups excluding carboxylic acids is 1. The van der Waals surface area contributed by atoms with Crippen LogP contribution in [0.1, 0.15) is 46.5 Å². The van der Waals surface area contributed by atoms with Crippen LogP contribution in [0.5, 0.6) is 11.5 Å². The second-order valence-corrected chi connectivity index (χ2v) is 7.46. The first-order valence-corrected chi connectivity index (χ1v) is 9.51. The summed E-state index contributed by atoms with van der Waals surface area (Å²) >= 11 is 0. The van der Waals surface area contributed by atoms with Crippen molar-refractivity contribution in [3.8, 4) is 11.5 Å². The second-order valence-electron chi connectivity index (χ2n) is 7.46. The van der Waals surface area contributed by atoms with E-state index in [1.165, 1.54) is 12.8 Å². The van der Waals surface area contributed by atoms with Crippen LogP contribution < -0.4 is 20.1 Å². The Kier molecular flexibility index (Phi) is 5.71. The van der Waals surface area contributed by atoms with E-state index in [1.807, 2.05) is 25.1 Å². The molecule has 138 valence electrons. The predicted molar refractivity (Wildman–Crippen MR) is 99.2 cm³/mol. The van der Waals surface area contributed by atoms with Gasteiger partial charge in [-0.2, -0.15) is 0 Å². The van der Waals surface area contributed by atoms with Crippen LogP contribution in [0.3, 0.4) is 0 Å². The molecule has 0 spiro atoms. The molecule has 5 heteroatoms. The summed E-state index contributed by atoms with van der Waals surface area (Å²) in [6, 6.07) is 5.73. The SMILES string of the molecule is C[C@H]1[C@H](C)CCC[C@H]1NC(=O)[C@H](C)Nc1ccc2c(c1)OCCCO2. The van der Waals surface area contributed by atoms with Crippen LogP contribution in [0.15, 0.2) is 18.2 Å². The van der Waals surface area contributed by atoms with Crippen LogP contribution in [-0.2, 0) is 4.79 Å². The Morgan fingerprint density at radius 1 is 1.12 bits per heavy atom. The third-order valence-electron chi connectivity index (χ3n) is 5.56. The van der Waals surface area contributed by atoms with Gasteiger partial charge in [0.15, 0.2) is 11.5 Å². The first-order valence-electron chi connectivity index (χ1n) is 9.51. The summed E-state index contributed by atoms with van der Waals surface area (Å²) in [5.41, 5.74) is 0.872. The summed E-state index contributed by atoms with van der Waals surface area (Å²) in [7, 11) is 0. The maximum absolute atomic E-state index is 12.6. The highest BCUT2D eigenvalue weighted by atomic mass is 16.5. The van der Waals surface area contributed by atoms with E-state index >= 15 is 0 Å². The molecule has 1 heterocycles. The van der Waals surface area contributed by atoms with Crippen LogP contribution >= 0.6 is 0 Å². The molecule has 3 rings (SSSR count). The second kappa shape index (κ2) is 7.98. The molecule has 0 aromatic heterocycles. The minimum atomic E-state index is -0.297. The Hall–Kier alpha value is -1.91. The van der Waals surface area contributed by atoms with Gasteiger partial charge in [0, 0.05) is 24.2 Å². The molecule has 1 aliphatic heterocycles. The highest BCUT2D eigenvalue weighted by molar-refractivity contribution is 5.84. The van der Waals surface area contributed by atoms with Gasteiger partial charge in [-0.3, -0.25) is 4.79 Å². The number of carbonyl (C=O) groups is 1. The number of anilines is 1. The largest absolute Gasteiger partial charge is 0.490 e. The first-order chi connectivity index (χ1) is 12.0. The van der Waals surface area contributed by atoms with Gasteiger partial charge >= 0.3 is 0 Å². The molecule has 1 aromatic rings. The first kappa shape index (κ1) is 17.9. The fourth-order valence-electron chi connectivity index (χ4n) is 3.66. The van der Waals surface area contributed by atoms with Crippen molar-refractivity contribution >= 4 is 11.6 Å². The summed E-state index contributed by atoms with van der Waals surface area (Å²) in [5.74, 6) is 2.76. The van der Waals surface area contributed by atoms with Gasteiger partial charge in [-0.15, -0.1) is 0 Å². The number of benzene rings is 1. The van der Waals surface area contributed by atoms with Gasteiger partial charge in [0.25, 0.3) is 0 Å². The predicted octanol–water partition coefficient (Wildman–Crippen LogP) is 3.59. The standard InChI is InChI=1S/C20H30N2O3/c1-13-6-4-7-17(14(13)2)22-20(23)15(3)21-16-8-9-18-19(12-16)25-11-5-10-24-18/h8-9,12-15,17,21H,4-7,10-11H2,1-3H3,(H,22,23)/t13-,14+,15+,17-/m1/s1. The lowest BCUT2D eigenvalue weighted by Crippen LogP contribution is -2.48. The number of rotatable bonds is 4. The molecule has 0 radical (unpaired) electrons. The lowest BCUT2D eigenvalue weighted by atomic mass is 9.78. The van der Waals surface area contributed by atoms with E-state index in [0.717, 1.165) is 30.0 Å². The van der Waals surface area contributed by atoms with E-state index < -0.39 is 0 Å². The van der Waals surface area contributed by atoms with Gasteiger partial charge in [0.05, 0.1) is 13.2 Å². The molecular weight excluding hydrogens is 316 g/mol. The fraction of sp³-hybridized carbons (Fsp3) is 0.650. The smallest absolute Gasteiger partial charge is 0.242 e. The molecule has 0 saturated heterocycles. The topological polar surface area (TPSA) is 59.6 Å². The summed E-state index contributed by atoms with van der Waals surface area (Å²) in [5, 5.41) is 6.51. The summed E-state index contributed by atoms with van der Waals surface area (Å²) < 4.78 is 11.4. The van der Waals surface area contributed by atoms with Crippen LogP contribution in [0.25, 0.3) is 0 Å². The van der Waals surface area contributed by atoms with E-state index in [1.54, 1.807) is 0 Å². The average Bonchev–Trinajstić information content (AvgIpc) is 2.83. The van der Waals surface area contributed by atoms with Crippen molar-refractivity contribution in [1.29, 1.82) is 0 Å². The molecule has 1 aliphatic carbocycles. The van der Waals surface area contributed by atoms with E-state index in [9.17, 15) is 4.79 Å². The van der Waals surface area contributed by atoms with E-state index in [4.69, 9.17) is 9.47 Å². The minimum Gasteiger partial charge on any atom is -0.490 e. The van der Waals surface area contributed by atoms with Gasteiger partial charge in [-0.05, 0) is 37.3 Å². The van der Waals surface area contributed by atoms with Crippen molar-refractivity contribution < 1.29 is 14.3 Å². The van der Waals surface area contributed by atoms with Gasteiger partial charge in [0.1, 0.15) is 6.04 Å². The Morgan fingerprint density at radius 3 is 2.68 bits per heavy atom. The van der Waals surface area contributed by atoms with Gasteiger partial charge in [-0.25, -0.2) is 0 Å². The van der Waals surface area contributed by atoms with Crippen LogP contribution in [0.4, 0.5) is 5.69 Å². The number of ether oxygens (including phenoxy) is 2. The lowest BCUT2D eigenvalue weighted by Gasteiger charge is -2.35. The van der Waals surface area contributed by atoms with Crippen molar-refractivity contribution in [1.82, 2.24) is 5.32 Å². The molecule has 4 atom stereocenters. The number of hydrogen-bond donors (Lipinski definition) is 2. The molecule has 25 heavy (non-hydrogen) atoms. The van der Waals surface area contributed by atoms with Crippen LogP contribution in [0.2, 0.25) is 0 Å². The Balaban J connectivity index is 1.59. The number of hydrogen-bond acceptors (Lipinski definition) is 4. The van der Waals surface area contributed by atoms with Crippen LogP contribution in [-0.4, -0.2) is 31.2 Å². The Morgan fingerprint density at radius 2 is 1.88 bits per heavy atom. The molecule has 2 aliphatic rings. The number of fused-ring (bicyclic) bond motifs is 1. The molecule has 1 saturated carbocycles. The lowest BCUT2D eigenvalue weighted by molar-refractivity contribution is -0.122. The third kappa shape index (κ3) is 4.39. The molecule has 0 bridgehead atoms. The number of amides is 1. The molecule has 1 aromatic carbocycles. The zero-order valence-corrected chi connectivity index (χ0v) is 15.5. The molecular formula is C20H30N2O3. The van der Waals surface area contributed by atoms with Crippen molar-refractivity contribution in [3.63, 3.8) is 0 Å². The maximum Gasteiger partial charge on any atom is 0.242 e. The molecule has 0 unspecified atom stereocenters. The fourth-order valence-corrected chi connectivity index (χ4v) is 3.66. The quantitative estimate of drug-likeness (QED) is 0.875. The number of nitrogens with one attached hydrogen (secondary N) is 2. The molecule has 1 amide bonds. The van der Waals surface area contributed by atoms with E-state index in [0.29, 0.717) is 25.0 Å². The monoisotopic (exact) mass is 346 g/mol. The zero-order valence-electron chi connectivity index (χ0n) is 15.5. The Labute approximate surface area is 150 Å². The van der Waals surface area contributed by atoms with Gasteiger partial charge in [-0.1, -0.05) is 26.7 Å². The minimum absolute atomic E-state index is 0.0538. The average molecular weight is 346 g/mol. The molecule has 1 fully saturated rings. The maximum atomic E-state index is 12.6. The highest BCUT2D eigenvalue weighted by Gasteiger charge is 2.29. The molecule has 5 nitrogen and oxygen atoms in total. The van der Waals surface area contributed by atoms with Crippen LogP contribution in [0, 0.1) is 11.8 Å². The highest BCUT2D eigenvalue weighted by Crippen LogP contribution is 2.33. The molecule has 2 N–H and O–H groups in total. The van der Waals surface area contributed by atoms with Crippen molar-refractivity contribution in [3.05, 3.63) is 18.2 Å². The van der Waals surface area contributed by atoms with Crippen molar-refractivity contribution in [2.75, 3.05) is 18.5 Å². The normalized spacial score (nSPS) is 27.1. The summed E-state index contributed by atoms with van der Waals surface area (Å²) in [6.45, 7) is 7.76. The Bertz CT molecular complexity index is 605. The van der Waals surface area contributed by atoms with Gasteiger partial charge in [0.2, 0.25) is 5.91 Å². The van der Waals surface area contributed by atoms with E-state index in [2.05, 4.69) is 24.5 Å².